The summed E-state index contributed by atoms with van der Waals surface area (Å²) in [5.41, 5.74) is 9.13. The summed E-state index contributed by atoms with van der Waals surface area (Å²) < 4.78 is 6.80. The van der Waals surface area contributed by atoms with E-state index in [2.05, 4.69) is 33.0 Å². The summed E-state index contributed by atoms with van der Waals surface area (Å²) in [6, 6.07) is 14.2. The largest absolute Gasteiger partial charge is 0.423 e. The Morgan fingerprint density at radius 2 is 2.10 bits per heavy atom. The van der Waals surface area contributed by atoms with Crippen LogP contribution in [0.15, 0.2) is 51.4 Å². The number of hydrogen-bond donors (Lipinski definition) is 1. The Morgan fingerprint density at radius 1 is 1.25 bits per heavy atom. The number of hydrogen-bond acceptors (Lipinski definition) is 4. The SMILES string of the molecule is CN(Cc1cccc(Br)c1)c1nc2ccc(N)cc2o1. The molecular formula is C15H14BrN3O. The highest BCUT2D eigenvalue weighted by Crippen LogP contribution is 2.24. The number of nitrogen functional groups attached to an aromatic ring is 1. The lowest BCUT2D eigenvalue weighted by Crippen LogP contribution is -2.16. The van der Waals surface area contributed by atoms with Crippen molar-refractivity contribution in [3.05, 3.63) is 52.5 Å². The minimum atomic E-state index is 0.588. The van der Waals surface area contributed by atoms with Crippen molar-refractivity contribution in [2.45, 2.75) is 6.54 Å². The molecule has 20 heavy (non-hydrogen) atoms. The lowest BCUT2D eigenvalue weighted by molar-refractivity contribution is 0.582. The number of aromatic nitrogens is 1. The first-order chi connectivity index (χ1) is 9.61. The zero-order valence-corrected chi connectivity index (χ0v) is 12.6. The van der Waals surface area contributed by atoms with Gasteiger partial charge in [0, 0.05) is 29.8 Å². The average Bonchev–Trinajstić information content (AvgIpc) is 2.81. The Balaban J connectivity index is 1.86. The maximum Gasteiger partial charge on any atom is 0.298 e. The van der Waals surface area contributed by atoms with E-state index in [1.54, 1.807) is 6.07 Å². The van der Waals surface area contributed by atoms with Crippen LogP contribution in [0.1, 0.15) is 5.56 Å². The Labute approximate surface area is 125 Å². The van der Waals surface area contributed by atoms with Crippen LogP contribution in [-0.4, -0.2) is 12.0 Å². The van der Waals surface area contributed by atoms with Crippen LogP contribution in [0.2, 0.25) is 0 Å². The zero-order valence-electron chi connectivity index (χ0n) is 11.0. The van der Waals surface area contributed by atoms with E-state index < -0.39 is 0 Å². The first-order valence-corrected chi connectivity index (χ1v) is 7.03. The van der Waals surface area contributed by atoms with Gasteiger partial charge in [-0.2, -0.15) is 4.98 Å². The third kappa shape index (κ3) is 2.63. The third-order valence-corrected chi connectivity index (χ3v) is 3.53. The number of fused-ring (bicyclic) bond motifs is 1. The van der Waals surface area contributed by atoms with Gasteiger partial charge in [0.05, 0.1) is 0 Å². The fraction of sp³-hybridized carbons (Fsp3) is 0.133. The molecule has 0 spiro atoms. The van der Waals surface area contributed by atoms with Crippen molar-refractivity contribution in [1.29, 1.82) is 0 Å². The molecule has 0 radical (unpaired) electrons. The Hall–Kier alpha value is -2.01. The molecule has 0 saturated carbocycles. The quantitative estimate of drug-likeness (QED) is 0.741. The number of nitrogens with two attached hydrogens (primary N) is 1. The van der Waals surface area contributed by atoms with E-state index in [4.69, 9.17) is 10.2 Å². The van der Waals surface area contributed by atoms with Crippen LogP contribution in [0.25, 0.3) is 11.1 Å². The Bertz CT molecular complexity index is 754. The van der Waals surface area contributed by atoms with Crippen LogP contribution < -0.4 is 10.6 Å². The van der Waals surface area contributed by atoms with Crippen molar-refractivity contribution in [1.82, 2.24) is 4.98 Å². The number of nitrogens with zero attached hydrogens (tertiary/aromatic N) is 2. The van der Waals surface area contributed by atoms with Crippen LogP contribution in [0.4, 0.5) is 11.7 Å². The zero-order chi connectivity index (χ0) is 14.1. The van der Waals surface area contributed by atoms with E-state index in [0.29, 0.717) is 17.3 Å². The van der Waals surface area contributed by atoms with Gasteiger partial charge in [0.15, 0.2) is 5.58 Å². The van der Waals surface area contributed by atoms with Gasteiger partial charge in [-0.05, 0) is 29.8 Å². The van der Waals surface area contributed by atoms with Gasteiger partial charge in [-0.1, -0.05) is 28.1 Å². The molecule has 4 nitrogen and oxygen atoms in total. The molecule has 1 heterocycles. The summed E-state index contributed by atoms with van der Waals surface area (Å²) in [6.07, 6.45) is 0. The van der Waals surface area contributed by atoms with Crippen LogP contribution in [0.5, 0.6) is 0 Å². The minimum Gasteiger partial charge on any atom is -0.423 e. The minimum absolute atomic E-state index is 0.588. The summed E-state index contributed by atoms with van der Waals surface area (Å²) in [7, 11) is 1.95. The third-order valence-electron chi connectivity index (χ3n) is 3.04. The molecule has 3 rings (SSSR count). The molecule has 0 saturated heterocycles. The van der Waals surface area contributed by atoms with E-state index >= 15 is 0 Å². The van der Waals surface area contributed by atoms with E-state index in [0.717, 1.165) is 16.5 Å². The van der Waals surface area contributed by atoms with E-state index in [-0.39, 0.29) is 0 Å². The summed E-state index contributed by atoms with van der Waals surface area (Å²) in [5, 5.41) is 0. The molecule has 102 valence electrons. The van der Waals surface area contributed by atoms with Crippen LogP contribution in [0.3, 0.4) is 0 Å². The van der Waals surface area contributed by atoms with E-state index in [1.807, 2.05) is 36.2 Å². The van der Waals surface area contributed by atoms with E-state index in [9.17, 15) is 0 Å². The molecule has 0 aliphatic heterocycles. The van der Waals surface area contributed by atoms with Gasteiger partial charge in [-0.3, -0.25) is 0 Å². The molecule has 3 aromatic rings. The molecule has 1 aromatic heterocycles. The Kier molecular flexibility index (Phi) is 3.36. The second-order valence-corrected chi connectivity index (χ2v) is 5.63. The highest BCUT2D eigenvalue weighted by Gasteiger charge is 2.11. The fourth-order valence-corrected chi connectivity index (χ4v) is 2.52. The molecule has 5 heteroatoms. The summed E-state index contributed by atoms with van der Waals surface area (Å²) >= 11 is 3.47. The summed E-state index contributed by atoms with van der Waals surface area (Å²) in [4.78, 5) is 6.43. The van der Waals surface area contributed by atoms with Gasteiger partial charge in [-0.15, -0.1) is 0 Å². The maximum absolute atomic E-state index is 5.74. The molecule has 2 N–H and O–H groups in total. The lowest BCUT2D eigenvalue weighted by atomic mass is 10.2. The van der Waals surface area contributed by atoms with Crippen LogP contribution in [0, 0.1) is 0 Å². The molecule has 0 unspecified atom stereocenters. The average molecular weight is 332 g/mol. The summed E-state index contributed by atoms with van der Waals surface area (Å²) in [5.74, 6) is 0. The monoisotopic (exact) mass is 331 g/mol. The van der Waals surface area contributed by atoms with Crippen molar-refractivity contribution in [3.63, 3.8) is 0 Å². The number of anilines is 2. The normalized spacial score (nSPS) is 10.9. The van der Waals surface area contributed by atoms with Gasteiger partial charge in [0.2, 0.25) is 0 Å². The fourth-order valence-electron chi connectivity index (χ4n) is 2.07. The molecule has 0 atom stereocenters. The van der Waals surface area contributed by atoms with Crippen molar-refractivity contribution in [2.75, 3.05) is 17.7 Å². The van der Waals surface area contributed by atoms with Gasteiger partial charge in [0.1, 0.15) is 5.52 Å². The predicted octanol–water partition coefficient (Wildman–Crippen LogP) is 3.81. The topological polar surface area (TPSA) is 55.3 Å². The molecular weight excluding hydrogens is 318 g/mol. The second-order valence-electron chi connectivity index (χ2n) is 4.71. The van der Waals surface area contributed by atoms with Crippen molar-refractivity contribution < 1.29 is 4.42 Å². The molecule has 2 aromatic carbocycles. The first-order valence-electron chi connectivity index (χ1n) is 6.23. The molecule has 0 amide bonds. The van der Waals surface area contributed by atoms with Gasteiger partial charge < -0.3 is 15.1 Å². The van der Waals surface area contributed by atoms with Gasteiger partial charge in [-0.25, -0.2) is 0 Å². The maximum atomic E-state index is 5.74. The number of halogens is 1. The van der Waals surface area contributed by atoms with Crippen molar-refractivity contribution >= 4 is 38.7 Å². The molecule has 0 fully saturated rings. The highest BCUT2D eigenvalue weighted by molar-refractivity contribution is 9.10. The Morgan fingerprint density at radius 3 is 2.90 bits per heavy atom. The molecule has 0 bridgehead atoms. The van der Waals surface area contributed by atoms with Gasteiger partial charge in [0.25, 0.3) is 6.01 Å². The number of benzene rings is 2. The second kappa shape index (κ2) is 5.17. The first kappa shape index (κ1) is 13.0. The lowest BCUT2D eigenvalue weighted by Gasteiger charge is -2.14. The standard InChI is InChI=1S/C15H14BrN3O/c1-19(9-10-3-2-4-11(16)7-10)15-18-13-6-5-12(17)8-14(13)20-15/h2-8H,9,17H2,1H3. The smallest absolute Gasteiger partial charge is 0.298 e. The van der Waals surface area contributed by atoms with Crippen LogP contribution >= 0.6 is 15.9 Å². The highest BCUT2D eigenvalue weighted by atomic mass is 79.9. The molecule has 0 aliphatic rings. The van der Waals surface area contributed by atoms with Crippen molar-refractivity contribution in [3.8, 4) is 0 Å². The van der Waals surface area contributed by atoms with E-state index in [1.165, 1.54) is 5.56 Å². The number of rotatable bonds is 3. The number of oxazole rings is 1. The summed E-state index contributed by atoms with van der Waals surface area (Å²) in [6.45, 7) is 0.724. The van der Waals surface area contributed by atoms with Crippen LogP contribution in [-0.2, 0) is 6.54 Å². The van der Waals surface area contributed by atoms with Crippen molar-refractivity contribution in [2.24, 2.45) is 0 Å². The molecule has 0 aliphatic carbocycles. The van der Waals surface area contributed by atoms with Gasteiger partial charge >= 0.3 is 0 Å². The predicted molar refractivity (Wildman–Crippen MR) is 84.7 cm³/mol.